The molecule has 0 aliphatic rings. The lowest BCUT2D eigenvalue weighted by Crippen LogP contribution is -2.54. The van der Waals surface area contributed by atoms with Crippen LogP contribution in [-0.2, 0) is 24.0 Å². The first-order valence-electron chi connectivity index (χ1n) is 8.66. The van der Waals surface area contributed by atoms with E-state index >= 15 is 0 Å². The van der Waals surface area contributed by atoms with Gasteiger partial charge < -0.3 is 31.9 Å². The van der Waals surface area contributed by atoms with Crippen molar-refractivity contribution in [3.05, 3.63) is 0 Å². The molecule has 0 aromatic heterocycles. The minimum absolute atomic E-state index is 0.0226. The Balaban J connectivity index is 4.72. The van der Waals surface area contributed by atoms with Crippen molar-refractivity contribution in [3.8, 4) is 0 Å². The van der Waals surface area contributed by atoms with E-state index in [1.165, 1.54) is 0 Å². The Hall–Kier alpha value is -2.34. The maximum atomic E-state index is 12.3. The fourth-order valence-electron chi connectivity index (χ4n) is 2.11. The molecule has 7 N–H and O–H groups in total. The minimum atomic E-state index is -1.25. The summed E-state index contributed by atoms with van der Waals surface area (Å²) in [6.45, 7) is 3.18. The highest BCUT2D eigenvalue weighted by atomic mass is 32.1. The Kier molecular flexibility index (Phi) is 11.9. The Labute approximate surface area is 168 Å². The largest absolute Gasteiger partial charge is 0.481 e. The highest BCUT2D eigenvalue weighted by Crippen LogP contribution is 2.06. The third-order valence-electron chi connectivity index (χ3n) is 3.59. The molecule has 0 saturated heterocycles. The van der Waals surface area contributed by atoms with E-state index in [-0.39, 0.29) is 30.9 Å². The summed E-state index contributed by atoms with van der Waals surface area (Å²) in [7, 11) is 0. The van der Waals surface area contributed by atoms with Crippen molar-refractivity contribution >= 4 is 42.3 Å². The van der Waals surface area contributed by atoms with Gasteiger partial charge >= 0.3 is 11.9 Å². The maximum Gasteiger partial charge on any atom is 0.327 e. The maximum absolute atomic E-state index is 12.3. The highest BCUT2D eigenvalue weighted by molar-refractivity contribution is 7.80. The van der Waals surface area contributed by atoms with E-state index in [4.69, 9.17) is 15.9 Å². The molecule has 0 aliphatic heterocycles. The molecule has 3 unspecified atom stereocenters. The van der Waals surface area contributed by atoms with Crippen molar-refractivity contribution in [1.82, 2.24) is 16.0 Å². The van der Waals surface area contributed by atoms with Crippen LogP contribution in [0.5, 0.6) is 0 Å². The summed E-state index contributed by atoms with van der Waals surface area (Å²) < 4.78 is 0. The zero-order valence-corrected chi connectivity index (χ0v) is 16.7. The summed E-state index contributed by atoms with van der Waals surface area (Å²) in [6, 6.07) is -3.27. The predicted octanol–water partition coefficient (Wildman–Crippen LogP) is -1.68. The summed E-state index contributed by atoms with van der Waals surface area (Å²) >= 11 is 3.86. The lowest BCUT2D eigenvalue weighted by Gasteiger charge is -2.22. The van der Waals surface area contributed by atoms with Gasteiger partial charge in [0, 0.05) is 12.2 Å². The van der Waals surface area contributed by atoms with Gasteiger partial charge in [-0.05, 0) is 18.8 Å². The van der Waals surface area contributed by atoms with Crippen LogP contribution in [0.3, 0.4) is 0 Å². The van der Waals surface area contributed by atoms with Crippen LogP contribution in [0.1, 0.15) is 33.1 Å². The van der Waals surface area contributed by atoms with E-state index in [0.29, 0.717) is 0 Å². The molecule has 0 rings (SSSR count). The second-order valence-electron chi connectivity index (χ2n) is 6.59. The van der Waals surface area contributed by atoms with Crippen LogP contribution in [0.15, 0.2) is 0 Å². The number of carboxylic acids is 2. The molecule has 28 heavy (non-hydrogen) atoms. The molecule has 0 bridgehead atoms. The summed E-state index contributed by atoms with van der Waals surface area (Å²) in [6.07, 6.45) is -0.114. The molecular weight excluding hydrogens is 392 g/mol. The molecule has 160 valence electrons. The van der Waals surface area contributed by atoms with Crippen LogP contribution in [0.2, 0.25) is 0 Å². The number of hydrogen-bond donors (Lipinski definition) is 7. The lowest BCUT2D eigenvalue weighted by atomic mass is 10.0. The first kappa shape index (κ1) is 25.7. The zero-order chi connectivity index (χ0) is 21.9. The topological polar surface area (TPSA) is 188 Å². The highest BCUT2D eigenvalue weighted by Gasteiger charge is 2.26. The second kappa shape index (κ2) is 12.9. The molecule has 3 atom stereocenters. The zero-order valence-electron chi connectivity index (χ0n) is 15.8. The fourth-order valence-corrected chi connectivity index (χ4v) is 2.36. The average Bonchev–Trinajstić information content (AvgIpc) is 2.60. The molecule has 0 fully saturated rings. The van der Waals surface area contributed by atoms with Crippen LogP contribution in [-0.4, -0.2) is 70.3 Å². The second-order valence-corrected chi connectivity index (χ2v) is 6.95. The number of carboxylic acid groups (broad SMARTS) is 2. The van der Waals surface area contributed by atoms with Crippen LogP contribution < -0.4 is 21.7 Å². The molecule has 0 aliphatic carbocycles. The molecular formula is C16H28N4O7S. The fraction of sp³-hybridized carbons (Fsp3) is 0.688. The molecule has 0 radical (unpaired) electrons. The van der Waals surface area contributed by atoms with Gasteiger partial charge in [-0.25, -0.2) is 4.79 Å². The number of amides is 3. The van der Waals surface area contributed by atoms with Crippen molar-refractivity contribution in [3.63, 3.8) is 0 Å². The smallest absolute Gasteiger partial charge is 0.327 e. The molecule has 0 aromatic carbocycles. The first-order chi connectivity index (χ1) is 13.0. The van der Waals surface area contributed by atoms with Gasteiger partial charge in [-0.1, -0.05) is 13.8 Å². The number of carbonyl (C=O) groups excluding carboxylic acids is 3. The van der Waals surface area contributed by atoms with Crippen LogP contribution in [0.25, 0.3) is 0 Å². The number of thiol groups is 1. The van der Waals surface area contributed by atoms with Crippen molar-refractivity contribution in [2.75, 3.05) is 12.3 Å². The average molecular weight is 420 g/mol. The van der Waals surface area contributed by atoms with Crippen LogP contribution in [0, 0.1) is 5.92 Å². The van der Waals surface area contributed by atoms with Crippen molar-refractivity contribution in [2.24, 2.45) is 11.7 Å². The van der Waals surface area contributed by atoms with E-state index in [1.807, 2.05) is 13.8 Å². The number of carbonyl (C=O) groups is 5. The number of nitrogens with one attached hydrogen (secondary N) is 3. The molecule has 3 amide bonds. The lowest BCUT2D eigenvalue weighted by molar-refractivity contribution is -0.141. The van der Waals surface area contributed by atoms with Gasteiger partial charge in [-0.3, -0.25) is 19.2 Å². The van der Waals surface area contributed by atoms with Crippen molar-refractivity contribution < 1.29 is 34.2 Å². The van der Waals surface area contributed by atoms with Crippen molar-refractivity contribution in [2.45, 2.75) is 51.2 Å². The predicted molar refractivity (Wildman–Crippen MR) is 103 cm³/mol. The van der Waals surface area contributed by atoms with Gasteiger partial charge in [0.1, 0.15) is 12.1 Å². The summed E-state index contributed by atoms with van der Waals surface area (Å²) in [5.74, 6) is -4.47. The molecule has 12 heteroatoms. The van der Waals surface area contributed by atoms with Gasteiger partial charge in [0.25, 0.3) is 0 Å². The third-order valence-corrected chi connectivity index (χ3v) is 3.95. The molecule has 0 spiro atoms. The standard InChI is InChI=1S/C16H28N4O7S/c1-8(2)5-10(15(25)20-11(7-28)16(26)27)19-12(21)6-18-14(24)9(17)3-4-13(22)23/h8-11,28H,3-7,17H2,1-2H3,(H,18,24)(H,19,21)(H,20,25)(H,22,23)(H,26,27). The Morgan fingerprint density at radius 2 is 1.61 bits per heavy atom. The Bertz CT molecular complexity index is 585. The van der Waals surface area contributed by atoms with Crippen LogP contribution >= 0.6 is 12.6 Å². The van der Waals surface area contributed by atoms with E-state index in [9.17, 15) is 24.0 Å². The Morgan fingerprint density at radius 1 is 1.00 bits per heavy atom. The molecule has 0 heterocycles. The van der Waals surface area contributed by atoms with Crippen LogP contribution in [0.4, 0.5) is 0 Å². The van der Waals surface area contributed by atoms with E-state index in [2.05, 4.69) is 28.6 Å². The number of hydrogen-bond acceptors (Lipinski definition) is 7. The van der Waals surface area contributed by atoms with Gasteiger partial charge in [-0.15, -0.1) is 0 Å². The normalized spacial score (nSPS) is 13.9. The molecule has 0 saturated carbocycles. The van der Waals surface area contributed by atoms with Gasteiger partial charge in [0.05, 0.1) is 12.6 Å². The SMILES string of the molecule is CC(C)CC(NC(=O)CNC(=O)C(N)CCC(=O)O)C(=O)NC(CS)C(=O)O. The summed E-state index contributed by atoms with van der Waals surface area (Å²) in [5.41, 5.74) is 5.53. The molecule has 11 nitrogen and oxygen atoms in total. The van der Waals surface area contributed by atoms with Gasteiger partial charge in [0.2, 0.25) is 17.7 Å². The van der Waals surface area contributed by atoms with Gasteiger partial charge in [-0.2, -0.15) is 12.6 Å². The van der Waals surface area contributed by atoms with Crippen molar-refractivity contribution in [1.29, 1.82) is 0 Å². The quantitative estimate of drug-likeness (QED) is 0.172. The Morgan fingerprint density at radius 3 is 2.07 bits per heavy atom. The number of aliphatic carboxylic acids is 2. The summed E-state index contributed by atoms with van der Waals surface area (Å²) in [4.78, 5) is 57.6. The van der Waals surface area contributed by atoms with E-state index in [1.54, 1.807) is 0 Å². The van der Waals surface area contributed by atoms with Gasteiger partial charge in [0.15, 0.2) is 0 Å². The monoisotopic (exact) mass is 420 g/mol. The molecule has 0 aromatic rings. The van der Waals surface area contributed by atoms with E-state index < -0.39 is 54.3 Å². The summed E-state index contributed by atoms with van der Waals surface area (Å²) in [5, 5.41) is 24.6. The number of nitrogens with two attached hydrogens (primary N) is 1. The van der Waals surface area contributed by atoms with E-state index in [0.717, 1.165) is 0 Å². The third kappa shape index (κ3) is 10.7. The number of rotatable bonds is 13. The minimum Gasteiger partial charge on any atom is -0.481 e. The first-order valence-corrected chi connectivity index (χ1v) is 9.29.